The minimum Gasteiger partial charge on any atom is -0.390 e. The van der Waals surface area contributed by atoms with Gasteiger partial charge in [-0.1, -0.05) is 11.8 Å². The molecule has 0 aromatic carbocycles. The molecule has 9 nitrogen and oxygen atoms in total. The van der Waals surface area contributed by atoms with Crippen molar-refractivity contribution in [2.45, 2.75) is 74.2 Å². The highest BCUT2D eigenvalue weighted by molar-refractivity contribution is 7.99. The number of rotatable bonds is 6. The molecular weight excluding hydrogens is 483 g/mol. The molecule has 0 unspecified atom stereocenters. The van der Waals surface area contributed by atoms with Crippen molar-refractivity contribution in [2.75, 3.05) is 43.1 Å². The first kappa shape index (κ1) is 25.6. The molecule has 3 fully saturated rings. The van der Waals surface area contributed by atoms with Crippen LogP contribution in [0.5, 0.6) is 0 Å². The molecule has 5 rings (SSSR count). The number of halogens is 1. The first-order valence-corrected chi connectivity index (χ1v) is 13.5. The molecule has 2 aromatic heterocycles. The summed E-state index contributed by atoms with van der Waals surface area (Å²) in [5.41, 5.74) is 7.65. The number of piperidine rings is 1. The summed E-state index contributed by atoms with van der Waals surface area (Å²) in [6.45, 7) is 7.23. The molecule has 0 bridgehead atoms. The fourth-order valence-corrected chi connectivity index (χ4v) is 6.23. The Hall–Kier alpha value is -2.05. The number of hydrogen-bond donors (Lipinski definition) is 3. The van der Waals surface area contributed by atoms with Crippen molar-refractivity contribution in [3.63, 3.8) is 0 Å². The molecule has 0 radical (unpaired) electrons. The number of nitrogens with two attached hydrogens (primary N) is 1. The summed E-state index contributed by atoms with van der Waals surface area (Å²) < 4.78 is 26.5. The van der Waals surface area contributed by atoms with Gasteiger partial charge in [0.25, 0.3) is 0 Å². The maximum absolute atomic E-state index is 15.3. The molecule has 11 heteroatoms. The van der Waals surface area contributed by atoms with E-state index in [0.29, 0.717) is 46.9 Å². The second-order valence-electron chi connectivity index (χ2n) is 10.0. The van der Waals surface area contributed by atoms with Crippen LogP contribution in [0.4, 0.5) is 16.0 Å². The Bertz CT molecular complexity index is 1080. The number of nitrogens with one attached hydrogen (secondary N) is 1. The summed E-state index contributed by atoms with van der Waals surface area (Å²) in [5.74, 6) is 0.518. The van der Waals surface area contributed by atoms with Crippen molar-refractivity contribution in [1.29, 1.82) is 0 Å². The zero-order valence-electron chi connectivity index (χ0n) is 20.9. The first-order chi connectivity index (χ1) is 17.4. The number of aryl methyl sites for hydroxylation is 1. The quantitative estimate of drug-likeness (QED) is 0.527. The second-order valence-corrected chi connectivity index (χ2v) is 11.1. The summed E-state index contributed by atoms with van der Waals surface area (Å²) in [4.78, 5) is 16.3. The summed E-state index contributed by atoms with van der Waals surface area (Å²) in [6, 6.07) is 1.81. The highest BCUT2D eigenvalue weighted by Gasteiger charge is 2.47. The van der Waals surface area contributed by atoms with Gasteiger partial charge in [0.05, 0.1) is 29.9 Å². The largest absolute Gasteiger partial charge is 0.390 e. The Kier molecular flexibility index (Phi) is 7.64. The van der Waals surface area contributed by atoms with Crippen LogP contribution in [-0.4, -0.2) is 71.2 Å². The van der Waals surface area contributed by atoms with Crippen LogP contribution in [0.15, 0.2) is 22.2 Å². The molecule has 36 heavy (non-hydrogen) atoms. The number of nitrogens with zero attached hydrogens (tertiary/aromatic N) is 4. The fourth-order valence-electron chi connectivity index (χ4n) is 5.36. The molecule has 5 heterocycles. The third-order valence-electron chi connectivity index (χ3n) is 7.76. The Labute approximate surface area is 215 Å². The zero-order chi connectivity index (χ0) is 25.3. The molecule has 2 aromatic rings. The highest BCUT2D eigenvalue weighted by atomic mass is 32.2. The van der Waals surface area contributed by atoms with Crippen LogP contribution in [0, 0.1) is 18.2 Å². The van der Waals surface area contributed by atoms with Crippen LogP contribution in [0.2, 0.25) is 0 Å². The van der Waals surface area contributed by atoms with E-state index >= 15 is 4.39 Å². The van der Waals surface area contributed by atoms with Gasteiger partial charge >= 0.3 is 0 Å². The second kappa shape index (κ2) is 10.7. The fraction of sp³-hybridized carbons (Fsp3) is 0.640. The van der Waals surface area contributed by atoms with E-state index in [4.69, 9.17) is 25.2 Å². The average Bonchev–Trinajstić information content (AvgIpc) is 3.17. The summed E-state index contributed by atoms with van der Waals surface area (Å²) in [6.07, 6.45) is 5.13. The molecule has 2 atom stereocenters. The third kappa shape index (κ3) is 5.04. The number of ether oxygens (including phenoxy) is 2. The molecule has 1 spiro atoms. The summed E-state index contributed by atoms with van der Waals surface area (Å²) >= 11 is 1.20. The number of aliphatic hydroxyl groups is 1. The standard InChI is InChI=1S/C25H35FN6O3S/c1-15-24(36-19-3-8-28-22(20(19)26)30-17-4-11-34-12-5-17)31-18(13-33)23(29-15)32-9-6-25(7-10-32)14-35-16(2)21(25)27/h3,8,16-17,21,33H,4-7,9-14,27H2,1-2H3,(H,28,30)/t16-,21+/m0/s1. The average molecular weight is 519 g/mol. The van der Waals surface area contributed by atoms with Crippen molar-refractivity contribution in [1.82, 2.24) is 15.0 Å². The predicted octanol–water partition coefficient (Wildman–Crippen LogP) is 2.89. The first-order valence-electron chi connectivity index (χ1n) is 12.7. The van der Waals surface area contributed by atoms with Crippen LogP contribution in [0.25, 0.3) is 0 Å². The normalized spacial score (nSPS) is 24.4. The molecule has 0 saturated carbocycles. The summed E-state index contributed by atoms with van der Waals surface area (Å²) in [7, 11) is 0. The van der Waals surface area contributed by atoms with Gasteiger partial charge in [-0.25, -0.2) is 19.3 Å². The van der Waals surface area contributed by atoms with Crippen molar-refractivity contribution >= 4 is 23.4 Å². The van der Waals surface area contributed by atoms with Crippen LogP contribution in [0.1, 0.15) is 44.0 Å². The van der Waals surface area contributed by atoms with E-state index < -0.39 is 5.82 Å². The van der Waals surface area contributed by atoms with E-state index in [1.165, 1.54) is 11.8 Å². The smallest absolute Gasteiger partial charge is 0.179 e. The lowest BCUT2D eigenvalue weighted by Crippen LogP contribution is -2.51. The highest BCUT2D eigenvalue weighted by Crippen LogP contribution is 2.42. The molecule has 3 saturated heterocycles. The van der Waals surface area contributed by atoms with Gasteiger partial charge in [0, 0.05) is 50.0 Å². The van der Waals surface area contributed by atoms with Gasteiger partial charge in [0.2, 0.25) is 0 Å². The van der Waals surface area contributed by atoms with Crippen LogP contribution >= 0.6 is 11.8 Å². The predicted molar refractivity (Wildman–Crippen MR) is 136 cm³/mol. The number of aromatic nitrogens is 3. The molecule has 0 aliphatic carbocycles. The molecule has 196 valence electrons. The van der Waals surface area contributed by atoms with Gasteiger partial charge in [-0.05, 0) is 45.6 Å². The van der Waals surface area contributed by atoms with E-state index in [-0.39, 0.29) is 36.0 Å². The molecule has 4 N–H and O–H groups in total. The van der Waals surface area contributed by atoms with Gasteiger partial charge in [-0.3, -0.25) is 0 Å². The lowest BCUT2D eigenvalue weighted by molar-refractivity contribution is 0.0903. The third-order valence-corrected chi connectivity index (χ3v) is 8.87. The van der Waals surface area contributed by atoms with Gasteiger partial charge < -0.3 is 30.5 Å². The number of aliphatic hydroxyl groups excluding tert-OH is 1. The topological polar surface area (TPSA) is 119 Å². The Morgan fingerprint density at radius 2 is 2.03 bits per heavy atom. The van der Waals surface area contributed by atoms with Gasteiger partial charge in [-0.2, -0.15) is 0 Å². The maximum atomic E-state index is 15.3. The minimum absolute atomic E-state index is 0.00280. The van der Waals surface area contributed by atoms with E-state index in [0.717, 1.165) is 38.8 Å². The zero-order valence-corrected chi connectivity index (χ0v) is 21.7. The summed E-state index contributed by atoms with van der Waals surface area (Å²) in [5, 5.41) is 13.9. The van der Waals surface area contributed by atoms with E-state index in [1.54, 1.807) is 12.3 Å². The SMILES string of the molecule is Cc1nc(N2CCC3(CC2)CO[C@@H](C)[C@H]3N)c(CO)nc1Sc1ccnc(NC2CCOCC2)c1F. The van der Waals surface area contributed by atoms with Crippen molar-refractivity contribution in [3.8, 4) is 0 Å². The Morgan fingerprint density at radius 1 is 1.28 bits per heavy atom. The Morgan fingerprint density at radius 3 is 2.69 bits per heavy atom. The lowest BCUT2D eigenvalue weighted by Gasteiger charge is -2.42. The molecule has 3 aliphatic rings. The maximum Gasteiger partial charge on any atom is 0.179 e. The van der Waals surface area contributed by atoms with E-state index in [9.17, 15) is 5.11 Å². The molecular formula is C25H35FN6O3S. The number of pyridine rings is 1. The van der Waals surface area contributed by atoms with E-state index in [1.807, 2.05) is 13.8 Å². The van der Waals surface area contributed by atoms with Crippen molar-refractivity contribution in [2.24, 2.45) is 11.1 Å². The van der Waals surface area contributed by atoms with Crippen LogP contribution < -0.4 is 16.0 Å². The Balaban J connectivity index is 1.32. The van der Waals surface area contributed by atoms with Gasteiger partial charge in [0.1, 0.15) is 10.7 Å². The van der Waals surface area contributed by atoms with Crippen LogP contribution in [-0.2, 0) is 16.1 Å². The monoisotopic (exact) mass is 518 g/mol. The van der Waals surface area contributed by atoms with Crippen molar-refractivity contribution < 1.29 is 19.0 Å². The lowest BCUT2D eigenvalue weighted by atomic mass is 9.73. The van der Waals surface area contributed by atoms with Crippen LogP contribution in [0.3, 0.4) is 0 Å². The molecule has 3 aliphatic heterocycles. The van der Waals surface area contributed by atoms with Gasteiger partial charge in [0.15, 0.2) is 17.5 Å². The van der Waals surface area contributed by atoms with E-state index in [2.05, 4.69) is 15.2 Å². The molecule has 0 amide bonds. The number of hydrogen-bond acceptors (Lipinski definition) is 10. The van der Waals surface area contributed by atoms with Gasteiger partial charge in [-0.15, -0.1) is 0 Å². The minimum atomic E-state index is -0.407. The van der Waals surface area contributed by atoms with Crippen molar-refractivity contribution in [3.05, 3.63) is 29.5 Å². The number of anilines is 2.